The Hall–Kier alpha value is -2.70. The van der Waals surface area contributed by atoms with Crippen molar-refractivity contribution < 1.29 is 0 Å². The van der Waals surface area contributed by atoms with E-state index in [4.69, 9.17) is 5.73 Å². The van der Waals surface area contributed by atoms with Crippen LogP contribution < -0.4 is 17.0 Å². The Morgan fingerprint density at radius 2 is 1.89 bits per heavy atom. The van der Waals surface area contributed by atoms with E-state index in [0.29, 0.717) is 16.7 Å². The molecule has 0 spiro atoms. The Morgan fingerprint density at radius 1 is 1.11 bits per heavy atom. The number of nitrogens with one attached hydrogen (secondary N) is 2. The van der Waals surface area contributed by atoms with E-state index < -0.39 is 11.2 Å². The summed E-state index contributed by atoms with van der Waals surface area (Å²) in [6, 6.07) is 3.40. The van der Waals surface area contributed by atoms with Crippen LogP contribution >= 0.6 is 0 Å². The number of rotatable bonds is 0. The summed E-state index contributed by atoms with van der Waals surface area (Å²) in [5.74, 6) is 0. The molecule has 7 nitrogen and oxygen atoms in total. The minimum atomic E-state index is -0.609. The lowest BCUT2D eigenvalue weighted by atomic mass is 10.1. The minimum Gasteiger partial charge on any atom is -0.398 e. The van der Waals surface area contributed by atoms with Crippen LogP contribution in [0.25, 0.3) is 22.2 Å². The van der Waals surface area contributed by atoms with Gasteiger partial charge in [-0.1, -0.05) is 0 Å². The number of hydrogen-bond donors (Lipinski definition) is 3. The van der Waals surface area contributed by atoms with Crippen molar-refractivity contribution in [2.75, 3.05) is 5.73 Å². The number of nitrogen functional groups attached to an aromatic ring is 1. The molecular weight excluding hydrogens is 234 g/mol. The first-order valence-electron chi connectivity index (χ1n) is 5.25. The lowest BCUT2D eigenvalue weighted by molar-refractivity contribution is 1.05. The van der Waals surface area contributed by atoms with Crippen LogP contribution in [0.2, 0.25) is 0 Å². The lowest BCUT2D eigenvalue weighted by Crippen LogP contribution is -2.23. The van der Waals surface area contributed by atoms with Crippen LogP contribution in [0.4, 0.5) is 5.69 Å². The predicted octanol–water partition coefficient (Wildman–Crippen LogP) is 0.0502. The summed E-state index contributed by atoms with van der Waals surface area (Å²) in [7, 11) is 0. The quantitative estimate of drug-likeness (QED) is 0.381. The van der Waals surface area contributed by atoms with Crippen molar-refractivity contribution in [2.24, 2.45) is 0 Å². The third-order valence-electron chi connectivity index (χ3n) is 2.81. The molecule has 2 aromatic heterocycles. The molecule has 4 N–H and O–H groups in total. The standard InChI is InChI=1S/C11H9N5O2/c1-4-5(12)2-3-6-7(4)14-9-8(13-6)10(17)16-11(18)15-9/h2-3H,12H2,1H3,(H2,14,15,16,17,18). The summed E-state index contributed by atoms with van der Waals surface area (Å²) < 4.78 is 0. The Kier molecular flexibility index (Phi) is 1.97. The van der Waals surface area contributed by atoms with Crippen molar-refractivity contribution in [1.82, 2.24) is 19.9 Å². The van der Waals surface area contributed by atoms with Gasteiger partial charge in [-0.05, 0) is 24.6 Å². The van der Waals surface area contributed by atoms with E-state index in [0.717, 1.165) is 5.56 Å². The van der Waals surface area contributed by atoms with Gasteiger partial charge in [-0.3, -0.25) is 14.8 Å². The minimum absolute atomic E-state index is 0.103. The van der Waals surface area contributed by atoms with Gasteiger partial charge in [0.25, 0.3) is 5.56 Å². The molecule has 0 aliphatic heterocycles. The summed E-state index contributed by atoms with van der Waals surface area (Å²) in [6.45, 7) is 1.81. The summed E-state index contributed by atoms with van der Waals surface area (Å²) in [4.78, 5) is 35.8. The highest BCUT2D eigenvalue weighted by Crippen LogP contribution is 2.20. The fourth-order valence-corrected chi connectivity index (χ4v) is 1.82. The van der Waals surface area contributed by atoms with E-state index in [-0.39, 0.29) is 11.2 Å². The van der Waals surface area contributed by atoms with Crippen LogP contribution in [0.15, 0.2) is 21.7 Å². The summed E-state index contributed by atoms with van der Waals surface area (Å²) in [5.41, 5.74) is 7.36. The van der Waals surface area contributed by atoms with Crippen molar-refractivity contribution in [2.45, 2.75) is 6.92 Å². The van der Waals surface area contributed by atoms with Crippen molar-refractivity contribution in [1.29, 1.82) is 0 Å². The average molecular weight is 243 g/mol. The maximum Gasteiger partial charge on any atom is 0.327 e. The lowest BCUT2D eigenvalue weighted by Gasteiger charge is -2.04. The highest BCUT2D eigenvalue weighted by atomic mass is 16.2. The maximum atomic E-state index is 11.6. The molecule has 1 aromatic carbocycles. The molecule has 7 heteroatoms. The van der Waals surface area contributed by atoms with Crippen molar-refractivity contribution >= 4 is 27.9 Å². The largest absolute Gasteiger partial charge is 0.398 e. The normalized spacial score (nSPS) is 11.2. The Balaban J connectivity index is 2.60. The van der Waals surface area contributed by atoms with E-state index in [1.807, 2.05) is 6.92 Å². The number of nitrogens with zero attached hydrogens (tertiary/aromatic N) is 2. The number of H-pyrrole nitrogens is 2. The number of aryl methyl sites for hydroxylation is 1. The molecule has 0 fully saturated rings. The molecule has 0 saturated carbocycles. The van der Waals surface area contributed by atoms with Crippen molar-refractivity contribution in [3.8, 4) is 0 Å². The molecule has 0 atom stereocenters. The molecule has 0 unspecified atom stereocenters. The second kappa shape index (κ2) is 3.39. The van der Waals surface area contributed by atoms with Gasteiger partial charge in [0.05, 0.1) is 11.0 Å². The van der Waals surface area contributed by atoms with Crippen molar-refractivity contribution in [3.63, 3.8) is 0 Å². The monoisotopic (exact) mass is 243 g/mol. The van der Waals surface area contributed by atoms with Gasteiger partial charge < -0.3 is 5.73 Å². The summed E-state index contributed by atoms with van der Waals surface area (Å²) in [5, 5.41) is 0. The van der Waals surface area contributed by atoms with Crippen LogP contribution in [0.5, 0.6) is 0 Å². The van der Waals surface area contributed by atoms with E-state index in [9.17, 15) is 9.59 Å². The fraction of sp³-hybridized carbons (Fsp3) is 0.0909. The van der Waals surface area contributed by atoms with E-state index in [1.54, 1.807) is 12.1 Å². The number of aromatic nitrogens is 4. The number of hydrogen-bond acceptors (Lipinski definition) is 5. The second-order valence-electron chi connectivity index (χ2n) is 3.98. The molecule has 0 saturated heterocycles. The first-order chi connectivity index (χ1) is 8.56. The smallest absolute Gasteiger partial charge is 0.327 e. The van der Waals surface area contributed by atoms with Gasteiger partial charge >= 0.3 is 5.69 Å². The molecule has 90 valence electrons. The first-order valence-corrected chi connectivity index (χ1v) is 5.25. The Bertz CT molecular complexity index is 893. The third kappa shape index (κ3) is 1.37. The van der Waals surface area contributed by atoms with Gasteiger partial charge in [0, 0.05) is 5.69 Å². The van der Waals surface area contributed by atoms with Crippen LogP contribution in [-0.4, -0.2) is 19.9 Å². The van der Waals surface area contributed by atoms with Crippen LogP contribution in [0, 0.1) is 6.92 Å². The number of fused-ring (bicyclic) bond motifs is 2. The van der Waals surface area contributed by atoms with Crippen LogP contribution in [0.1, 0.15) is 5.56 Å². The average Bonchev–Trinajstić information content (AvgIpc) is 2.33. The van der Waals surface area contributed by atoms with Gasteiger partial charge in [0.15, 0.2) is 11.2 Å². The number of anilines is 1. The zero-order chi connectivity index (χ0) is 12.9. The maximum absolute atomic E-state index is 11.6. The summed E-state index contributed by atoms with van der Waals surface area (Å²) in [6.07, 6.45) is 0. The van der Waals surface area contributed by atoms with E-state index >= 15 is 0 Å². The molecule has 3 rings (SSSR count). The highest BCUT2D eigenvalue weighted by Gasteiger charge is 2.09. The fourth-order valence-electron chi connectivity index (χ4n) is 1.82. The van der Waals surface area contributed by atoms with E-state index in [1.165, 1.54) is 0 Å². The molecular formula is C11H9N5O2. The predicted molar refractivity (Wildman–Crippen MR) is 67.4 cm³/mol. The highest BCUT2D eigenvalue weighted by molar-refractivity contribution is 5.88. The van der Waals surface area contributed by atoms with Gasteiger partial charge in [0.2, 0.25) is 0 Å². The molecule has 18 heavy (non-hydrogen) atoms. The number of aromatic amines is 2. The van der Waals surface area contributed by atoms with Gasteiger partial charge in [-0.25, -0.2) is 14.8 Å². The molecule has 0 amide bonds. The Morgan fingerprint density at radius 3 is 2.67 bits per heavy atom. The molecule has 0 radical (unpaired) electrons. The number of nitrogens with two attached hydrogens (primary N) is 1. The zero-order valence-corrected chi connectivity index (χ0v) is 9.44. The molecule has 0 aliphatic carbocycles. The number of benzene rings is 1. The van der Waals surface area contributed by atoms with Gasteiger partial charge in [-0.15, -0.1) is 0 Å². The summed E-state index contributed by atoms with van der Waals surface area (Å²) >= 11 is 0. The second-order valence-corrected chi connectivity index (χ2v) is 3.98. The molecule has 3 aromatic rings. The zero-order valence-electron chi connectivity index (χ0n) is 9.44. The van der Waals surface area contributed by atoms with E-state index in [2.05, 4.69) is 19.9 Å². The Labute approximate surface area is 99.7 Å². The molecule has 0 bridgehead atoms. The van der Waals surface area contributed by atoms with Gasteiger partial charge in [0.1, 0.15) is 0 Å². The van der Waals surface area contributed by atoms with Crippen LogP contribution in [0.3, 0.4) is 0 Å². The third-order valence-corrected chi connectivity index (χ3v) is 2.81. The molecule has 0 aliphatic rings. The van der Waals surface area contributed by atoms with Crippen LogP contribution in [-0.2, 0) is 0 Å². The topological polar surface area (TPSA) is 118 Å². The first kappa shape index (κ1) is 10.5. The molecule has 2 heterocycles. The van der Waals surface area contributed by atoms with Crippen molar-refractivity contribution in [3.05, 3.63) is 38.5 Å². The SMILES string of the molecule is Cc1c(N)ccc2nc3c(=O)[nH]c(=O)[nH]c3nc12. The van der Waals surface area contributed by atoms with Gasteiger partial charge in [-0.2, -0.15) is 0 Å².